The summed E-state index contributed by atoms with van der Waals surface area (Å²) >= 11 is 0. The Balaban J connectivity index is 2.55. The molecule has 0 spiro atoms. The van der Waals surface area contributed by atoms with E-state index in [0.717, 1.165) is 5.06 Å². The van der Waals surface area contributed by atoms with Crippen molar-refractivity contribution in [2.75, 3.05) is 0 Å². The van der Waals surface area contributed by atoms with Crippen LogP contribution < -0.4 is 9.05 Å². The van der Waals surface area contributed by atoms with Crippen molar-refractivity contribution in [1.29, 1.82) is 0 Å². The average Bonchev–Trinajstić information content (AvgIpc) is 2.54. The second-order valence-electron chi connectivity index (χ2n) is 8.58. The first kappa shape index (κ1) is 21.5. The maximum absolute atomic E-state index is 14.1. The van der Waals surface area contributed by atoms with Gasteiger partial charge in [0.15, 0.2) is 5.78 Å². The molecule has 1 unspecified atom stereocenters. The first-order chi connectivity index (χ1) is 12.4. The van der Waals surface area contributed by atoms with Crippen molar-refractivity contribution in [1.82, 2.24) is 5.06 Å². The Hall–Kier alpha value is -1.81. The first-order valence-corrected chi connectivity index (χ1v) is 10.6. The predicted molar refractivity (Wildman–Crippen MR) is 107 cm³/mol. The van der Waals surface area contributed by atoms with E-state index in [0.29, 0.717) is 11.5 Å². The van der Waals surface area contributed by atoms with Crippen LogP contribution in [0.4, 0.5) is 0 Å². The van der Waals surface area contributed by atoms with E-state index < -0.39 is 24.3 Å². The zero-order valence-corrected chi connectivity index (χ0v) is 17.8. The van der Waals surface area contributed by atoms with Gasteiger partial charge in [0.25, 0.3) is 0 Å². The quantitative estimate of drug-likeness (QED) is 0.438. The number of benzene rings is 2. The van der Waals surface area contributed by atoms with Gasteiger partial charge in [-0.15, -0.1) is 10.3 Å². The second kappa shape index (κ2) is 8.05. The summed E-state index contributed by atoms with van der Waals surface area (Å²) in [6.45, 7) is 11.0. The van der Waals surface area contributed by atoms with Crippen molar-refractivity contribution in [3.63, 3.8) is 0 Å². The van der Waals surface area contributed by atoms with Gasteiger partial charge in [0.2, 0.25) is 0 Å². The lowest BCUT2D eigenvalue weighted by molar-refractivity contribution is -0.240. The molecule has 0 saturated carbocycles. The van der Waals surface area contributed by atoms with Crippen LogP contribution in [0.1, 0.15) is 41.5 Å². The summed E-state index contributed by atoms with van der Waals surface area (Å²) < 4.78 is 25.9. The van der Waals surface area contributed by atoms with Gasteiger partial charge in [-0.2, -0.15) is 0 Å². The summed E-state index contributed by atoms with van der Waals surface area (Å²) in [5.41, 5.74) is -1.43. The molecule has 2 aromatic carbocycles. The summed E-state index contributed by atoms with van der Waals surface area (Å²) in [5.74, 6) is -0.216. The van der Waals surface area contributed by atoms with Crippen molar-refractivity contribution in [2.45, 2.75) is 52.9 Å². The van der Waals surface area contributed by atoms with Crippen LogP contribution in [0.25, 0.3) is 0 Å². The Kier molecular flexibility index (Phi) is 6.41. The molecule has 0 N–H and O–H groups in total. The fourth-order valence-corrected chi connectivity index (χ4v) is 5.32. The molecule has 27 heavy (non-hydrogen) atoms. The van der Waals surface area contributed by atoms with Gasteiger partial charge < -0.3 is 9.05 Å². The molecule has 0 aliphatic heterocycles. The summed E-state index contributed by atoms with van der Waals surface area (Å²) in [6, 6.07) is 17.6. The summed E-state index contributed by atoms with van der Waals surface area (Å²) in [5, 5.41) is 14.1. The Bertz CT molecular complexity index is 721. The normalized spacial score (nSPS) is 14.1. The highest BCUT2D eigenvalue weighted by Crippen LogP contribution is 2.59. The van der Waals surface area contributed by atoms with Crippen molar-refractivity contribution in [3.8, 4) is 11.5 Å². The highest BCUT2D eigenvalue weighted by atomic mass is 31.2. The molecule has 0 amide bonds. The molecular formula is C21H29NO4P. The highest BCUT2D eigenvalue weighted by Gasteiger charge is 2.53. The number of hydrogen-bond acceptors (Lipinski definition) is 4. The van der Waals surface area contributed by atoms with Crippen LogP contribution in [0.5, 0.6) is 11.5 Å². The molecule has 0 fully saturated rings. The van der Waals surface area contributed by atoms with Crippen LogP contribution in [0.3, 0.4) is 0 Å². The molecule has 0 aliphatic carbocycles. The van der Waals surface area contributed by atoms with E-state index in [9.17, 15) is 9.77 Å². The van der Waals surface area contributed by atoms with Gasteiger partial charge in [-0.3, -0.25) is 0 Å². The first-order valence-electron chi connectivity index (χ1n) is 8.99. The standard InChI is InChI=1S/C21H29NO4P/c1-20(2,3)19(22(23)21(4,5)6)27(24,25-17-13-9-7-10-14-17)26-18-15-11-8-12-16-18/h7-16,19H,1-6H3. The minimum Gasteiger partial charge on any atom is -0.415 e. The third-order valence-electron chi connectivity index (χ3n) is 3.91. The van der Waals surface area contributed by atoms with E-state index in [2.05, 4.69) is 0 Å². The van der Waals surface area contributed by atoms with Crippen LogP contribution >= 0.6 is 7.60 Å². The van der Waals surface area contributed by atoms with E-state index in [-0.39, 0.29) is 0 Å². The Morgan fingerprint density at radius 2 is 1.15 bits per heavy atom. The van der Waals surface area contributed by atoms with Crippen molar-refractivity contribution in [3.05, 3.63) is 60.7 Å². The molecular weight excluding hydrogens is 361 g/mol. The molecule has 0 aliphatic rings. The molecule has 147 valence electrons. The van der Waals surface area contributed by atoms with Crippen molar-refractivity contribution >= 4 is 7.60 Å². The monoisotopic (exact) mass is 390 g/mol. The zero-order chi connectivity index (χ0) is 20.3. The fourth-order valence-electron chi connectivity index (χ4n) is 2.70. The molecule has 2 aromatic rings. The number of hydroxylamine groups is 2. The largest absolute Gasteiger partial charge is 0.450 e. The number of para-hydroxylation sites is 2. The Morgan fingerprint density at radius 3 is 1.44 bits per heavy atom. The molecule has 2 rings (SSSR count). The lowest BCUT2D eigenvalue weighted by Gasteiger charge is -2.43. The van der Waals surface area contributed by atoms with Crippen molar-refractivity contribution < 1.29 is 18.8 Å². The maximum atomic E-state index is 14.1. The summed E-state index contributed by atoms with van der Waals surface area (Å²) in [7, 11) is -3.93. The minimum atomic E-state index is -3.93. The number of hydrogen-bond donors (Lipinski definition) is 0. The molecule has 0 heterocycles. The van der Waals surface area contributed by atoms with Crippen LogP contribution in [0, 0.1) is 5.41 Å². The van der Waals surface area contributed by atoms with E-state index in [1.54, 1.807) is 69.3 Å². The average molecular weight is 390 g/mol. The topological polar surface area (TPSA) is 58.7 Å². The van der Waals surface area contributed by atoms with Gasteiger partial charge in [0.05, 0.1) is 0 Å². The number of rotatable bonds is 6. The third kappa shape index (κ3) is 5.58. The van der Waals surface area contributed by atoms with E-state index in [1.807, 2.05) is 32.9 Å². The lowest BCUT2D eigenvalue weighted by atomic mass is 9.94. The molecule has 1 atom stereocenters. The van der Waals surface area contributed by atoms with Gasteiger partial charge in [-0.1, -0.05) is 57.2 Å². The molecule has 6 heteroatoms. The highest BCUT2D eigenvalue weighted by molar-refractivity contribution is 7.55. The SMILES string of the molecule is CC(C)(C)C(N([O])C(C)(C)C)P(=O)(Oc1ccccc1)Oc1ccccc1. The third-order valence-corrected chi connectivity index (χ3v) is 6.42. The summed E-state index contributed by atoms with van der Waals surface area (Å²) in [6.07, 6.45) is 0. The van der Waals surface area contributed by atoms with Gasteiger partial charge in [-0.05, 0) is 50.5 Å². The molecule has 0 bridgehead atoms. The fraction of sp³-hybridized carbons (Fsp3) is 0.429. The molecule has 5 nitrogen and oxygen atoms in total. The molecule has 0 aromatic heterocycles. The van der Waals surface area contributed by atoms with Gasteiger partial charge >= 0.3 is 7.60 Å². The van der Waals surface area contributed by atoms with Crippen molar-refractivity contribution in [2.24, 2.45) is 5.41 Å². The molecule has 0 saturated heterocycles. The van der Waals surface area contributed by atoms with Crippen LogP contribution in [-0.4, -0.2) is 16.4 Å². The predicted octanol–water partition coefficient (Wildman–Crippen LogP) is 6.16. The number of nitrogens with zero attached hydrogens (tertiary/aromatic N) is 1. The van der Waals surface area contributed by atoms with Crippen LogP contribution in [0.15, 0.2) is 60.7 Å². The Labute approximate surface area is 162 Å². The minimum absolute atomic E-state index is 0.397. The van der Waals surface area contributed by atoms with Gasteiger partial charge in [0, 0.05) is 5.54 Å². The van der Waals surface area contributed by atoms with Gasteiger partial charge in [0.1, 0.15) is 11.5 Å². The summed E-state index contributed by atoms with van der Waals surface area (Å²) in [4.78, 5) is 0. The van der Waals surface area contributed by atoms with E-state index >= 15 is 0 Å². The smallest absolute Gasteiger partial charge is 0.415 e. The Morgan fingerprint density at radius 1 is 0.778 bits per heavy atom. The van der Waals surface area contributed by atoms with E-state index in [4.69, 9.17) is 9.05 Å². The van der Waals surface area contributed by atoms with E-state index in [1.165, 1.54) is 0 Å². The zero-order valence-electron chi connectivity index (χ0n) is 16.9. The molecule has 1 radical (unpaired) electrons. The lowest BCUT2D eigenvalue weighted by Crippen LogP contribution is -2.51. The van der Waals surface area contributed by atoms with Crippen LogP contribution in [-0.2, 0) is 9.77 Å². The second-order valence-corrected chi connectivity index (χ2v) is 10.5. The van der Waals surface area contributed by atoms with Crippen LogP contribution in [0.2, 0.25) is 0 Å². The van der Waals surface area contributed by atoms with Gasteiger partial charge in [-0.25, -0.2) is 4.57 Å². The maximum Gasteiger partial charge on any atom is 0.450 e.